The molecule has 0 aliphatic carbocycles. The highest BCUT2D eigenvalue weighted by Gasteiger charge is 2.65. The molecule has 0 saturated carbocycles. The normalized spacial score (nSPS) is 25.3. The highest BCUT2D eigenvalue weighted by atomic mass is 19.4. The summed E-state index contributed by atoms with van der Waals surface area (Å²) in [4.78, 5) is 19.8. The van der Waals surface area contributed by atoms with Crippen LogP contribution in [0, 0.1) is 17.6 Å². The monoisotopic (exact) mass is 514 g/mol. The third kappa shape index (κ3) is 3.93. The van der Waals surface area contributed by atoms with E-state index in [4.69, 9.17) is 9.47 Å². The number of aliphatic hydroxyl groups is 2. The van der Waals surface area contributed by atoms with Crippen LogP contribution in [0.25, 0.3) is 10.9 Å². The number of nitrogens with zero attached hydrogens (tertiary/aromatic N) is 1. The van der Waals surface area contributed by atoms with Gasteiger partial charge < -0.3 is 24.7 Å². The number of methoxy groups -OCH3 is 1. The number of pyridine rings is 2. The summed E-state index contributed by atoms with van der Waals surface area (Å²) in [5.41, 5.74) is -3.50. The van der Waals surface area contributed by atoms with Crippen LogP contribution in [0.3, 0.4) is 0 Å². The summed E-state index contributed by atoms with van der Waals surface area (Å²) in [6, 6.07) is 4.31. The van der Waals surface area contributed by atoms with Gasteiger partial charge in [-0.05, 0) is 19.1 Å². The van der Waals surface area contributed by atoms with Gasteiger partial charge in [-0.25, -0.2) is 4.39 Å². The Bertz CT molecular complexity index is 1360. The van der Waals surface area contributed by atoms with Gasteiger partial charge in [-0.3, -0.25) is 9.78 Å². The molecular weight excluding hydrogens is 491 g/mol. The zero-order valence-electron chi connectivity index (χ0n) is 19.4. The molecule has 3 aromatic rings. The van der Waals surface area contributed by atoms with Crippen molar-refractivity contribution in [1.82, 2.24) is 9.97 Å². The van der Waals surface area contributed by atoms with E-state index in [1.807, 2.05) is 0 Å². The van der Waals surface area contributed by atoms with E-state index in [2.05, 4.69) is 9.97 Å². The Morgan fingerprint density at radius 1 is 1.28 bits per heavy atom. The molecule has 0 radical (unpaired) electrons. The van der Waals surface area contributed by atoms with E-state index in [1.165, 1.54) is 19.2 Å². The van der Waals surface area contributed by atoms with Crippen molar-refractivity contribution in [3.63, 3.8) is 0 Å². The maximum absolute atomic E-state index is 14.6. The summed E-state index contributed by atoms with van der Waals surface area (Å²) >= 11 is 0. The average molecular weight is 514 g/mol. The van der Waals surface area contributed by atoms with Crippen LogP contribution in [0.15, 0.2) is 35.3 Å². The number of hydrogen-bond donors (Lipinski definition) is 3. The quantitative estimate of drug-likeness (QED) is 0.444. The lowest BCUT2D eigenvalue weighted by molar-refractivity contribution is -0.275. The number of aliphatic hydroxyl groups excluding tert-OH is 2. The maximum Gasteiger partial charge on any atom is 0.417 e. The SMILES string of the molecule is COc1c([C@H]2[C@H](c3cc(=O)c4c(C(O)CO)nccc4[nH]3)O[C@@](C)(C(F)(F)F)[C@H]2C)ccc(F)c1F. The van der Waals surface area contributed by atoms with E-state index in [9.17, 15) is 37.0 Å². The molecule has 1 saturated heterocycles. The number of aromatic nitrogens is 2. The molecule has 36 heavy (non-hydrogen) atoms. The van der Waals surface area contributed by atoms with E-state index >= 15 is 0 Å². The van der Waals surface area contributed by atoms with Crippen LogP contribution < -0.4 is 10.2 Å². The summed E-state index contributed by atoms with van der Waals surface area (Å²) in [5, 5.41) is 19.2. The number of fused-ring (bicyclic) bond motifs is 1. The van der Waals surface area contributed by atoms with Crippen molar-refractivity contribution in [1.29, 1.82) is 0 Å². The Kier molecular flexibility index (Phi) is 6.56. The van der Waals surface area contributed by atoms with Gasteiger partial charge in [0.05, 0.1) is 30.3 Å². The summed E-state index contributed by atoms with van der Waals surface area (Å²) in [7, 11) is 1.07. The van der Waals surface area contributed by atoms with E-state index in [1.54, 1.807) is 0 Å². The first-order valence-electron chi connectivity index (χ1n) is 10.9. The van der Waals surface area contributed by atoms with E-state index in [0.29, 0.717) is 0 Å². The molecular formula is C24H23F5N2O5. The van der Waals surface area contributed by atoms with Gasteiger partial charge in [0.2, 0.25) is 5.82 Å². The summed E-state index contributed by atoms with van der Waals surface area (Å²) in [6.45, 7) is 1.42. The summed E-state index contributed by atoms with van der Waals surface area (Å²) in [5.74, 6) is -5.68. The van der Waals surface area contributed by atoms with Crippen molar-refractivity contribution in [3.8, 4) is 5.75 Å². The van der Waals surface area contributed by atoms with Gasteiger partial charge in [-0.15, -0.1) is 0 Å². The lowest BCUT2D eigenvalue weighted by Crippen LogP contribution is -2.46. The van der Waals surface area contributed by atoms with Gasteiger partial charge in [0.15, 0.2) is 22.6 Å². The number of aromatic amines is 1. The van der Waals surface area contributed by atoms with Crippen molar-refractivity contribution < 1.29 is 41.6 Å². The van der Waals surface area contributed by atoms with E-state index in [0.717, 1.165) is 32.2 Å². The van der Waals surface area contributed by atoms with Crippen LogP contribution in [-0.2, 0) is 4.74 Å². The number of hydrogen-bond acceptors (Lipinski definition) is 6. The number of benzene rings is 1. The van der Waals surface area contributed by atoms with Gasteiger partial charge >= 0.3 is 6.18 Å². The lowest BCUT2D eigenvalue weighted by Gasteiger charge is -2.32. The molecule has 5 atom stereocenters. The zero-order valence-corrected chi connectivity index (χ0v) is 19.4. The molecule has 1 aliphatic heterocycles. The van der Waals surface area contributed by atoms with Gasteiger partial charge in [0.25, 0.3) is 0 Å². The number of ether oxygens (including phenoxy) is 2. The highest BCUT2D eigenvalue weighted by Crippen LogP contribution is 2.59. The Morgan fingerprint density at radius 3 is 2.58 bits per heavy atom. The molecule has 3 N–H and O–H groups in total. The third-order valence-corrected chi connectivity index (χ3v) is 6.90. The first kappa shape index (κ1) is 26.0. The Balaban J connectivity index is 1.96. The van der Waals surface area contributed by atoms with Gasteiger partial charge in [-0.1, -0.05) is 13.0 Å². The third-order valence-electron chi connectivity index (χ3n) is 6.90. The molecule has 7 nitrogen and oxygen atoms in total. The predicted octanol–water partition coefficient (Wildman–Crippen LogP) is 4.05. The number of nitrogens with one attached hydrogen (secondary N) is 1. The molecule has 12 heteroatoms. The fourth-order valence-corrected chi connectivity index (χ4v) is 4.82. The second-order valence-electron chi connectivity index (χ2n) is 8.85. The van der Waals surface area contributed by atoms with Crippen LogP contribution in [0.4, 0.5) is 22.0 Å². The highest BCUT2D eigenvalue weighted by molar-refractivity contribution is 5.81. The molecule has 194 valence electrons. The van der Waals surface area contributed by atoms with Crippen molar-refractivity contribution >= 4 is 10.9 Å². The fraction of sp³-hybridized carbons (Fsp3) is 0.417. The van der Waals surface area contributed by atoms with Gasteiger partial charge in [0.1, 0.15) is 12.2 Å². The Morgan fingerprint density at radius 2 is 1.97 bits per heavy atom. The molecule has 3 heterocycles. The summed E-state index contributed by atoms with van der Waals surface area (Å²) in [6.07, 6.45) is -6.49. The van der Waals surface area contributed by atoms with Gasteiger partial charge in [0, 0.05) is 35.4 Å². The molecule has 0 bridgehead atoms. The largest absolute Gasteiger partial charge is 0.493 e. The van der Waals surface area contributed by atoms with Crippen LogP contribution in [0.2, 0.25) is 0 Å². The number of alkyl halides is 3. The molecule has 4 rings (SSSR count). The van der Waals surface area contributed by atoms with Crippen molar-refractivity contribution in [2.24, 2.45) is 5.92 Å². The van der Waals surface area contributed by atoms with E-state index < -0.39 is 65.2 Å². The second kappa shape index (κ2) is 9.09. The molecule has 1 aromatic carbocycles. The molecule has 0 spiro atoms. The van der Waals surface area contributed by atoms with Crippen LogP contribution in [-0.4, -0.2) is 45.7 Å². The Labute approximate surface area is 201 Å². The minimum Gasteiger partial charge on any atom is -0.493 e. The smallest absolute Gasteiger partial charge is 0.417 e. The van der Waals surface area contributed by atoms with Gasteiger partial charge in [-0.2, -0.15) is 17.6 Å². The second-order valence-corrected chi connectivity index (χ2v) is 8.85. The molecule has 2 aromatic heterocycles. The van der Waals surface area contributed by atoms with Crippen molar-refractivity contribution in [2.45, 2.75) is 43.8 Å². The topological polar surface area (TPSA) is 105 Å². The van der Waals surface area contributed by atoms with Crippen LogP contribution >= 0.6 is 0 Å². The minimum absolute atomic E-state index is 0.0558. The number of halogens is 5. The lowest BCUT2D eigenvalue weighted by atomic mass is 9.76. The molecule has 1 unspecified atom stereocenters. The predicted molar refractivity (Wildman–Crippen MR) is 118 cm³/mol. The van der Waals surface area contributed by atoms with Crippen molar-refractivity contribution in [2.75, 3.05) is 13.7 Å². The Hall–Kier alpha value is -3.09. The average Bonchev–Trinajstić information content (AvgIpc) is 3.11. The molecule has 0 amide bonds. The first-order chi connectivity index (χ1) is 16.9. The molecule has 1 aliphatic rings. The van der Waals surface area contributed by atoms with Crippen molar-refractivity contribution in [3.05, 3.63) is 69.3 Å². The summed E-state index contributed by atoms with van der Waals surface area (Å²) < 4.78 is 81.6. The number of H-pyrrole nitrogens is 1. The number of rotatable bonds is 5. The molecule has 1 fully saturated rings. The van der Waals surface area contributed by atoms with Crippen LogP contribution in [0.1, 0.15) is 48.9 Å². The fourth-order valence-electron chi connectivity index (χ4n) is 4.82. The first-order valence-corrected chi connectivity index (χ1v) is 10.9. The van der Waals surface area contributed by atoms with E-state index in [-0.39, 0.29) is 27.9 Å². The minimum atomic E-state index is -4.84. The maximum atomic E-state index is 14.6. The zero-order chi connectivity index (χ0) is 26.6. The standard InChI is InChI=1S/C24H23F5N2O5/c1-10-17(11-4-5-12(25)19(26)21(11)35-3)22(36-23(10,2)24(27,28)29)14-8-15(33)18-13(31-14)6-7-30-20(18)16(34)9-32/h4-8,10,16-17,22,32,34H,9H2,1-3H3,(H,31,33)/t10-,16?,17-,22-,23+/m0/s1. The van der Waals surface area contributed by atoms with Crippen LogP contribution in [0.5, 0.6) is 5.75 Å².